The SMILES string of the molecule is CC#CCOc1cc(C2=CCCC(C)C2)ncn1. The van der Waals surface area contributed by atoms with Crippen molar-refractivity contribution in [3.05, 3.63) is 24.2 Å². The minimum Gasteiger partial charge on any atom is -0.464 e. The van der Waals surface area contributed by atoms with Crippen molar-refractivity contribution < 1.29 is 4.74 Å². The van der Waals surface area contributed by atoms with Gasteiger partial charge in [0.05, 0.1) is 5.69 Å². The van der Waals surface area contributed by atoms with Crippen molar-refractivity contribution >= 4 is 5.57 Å². The van der Waals surface area contributed by atoms with E-state index in [4.69, 9.17) is 4.74 Å². The van der Waals surface area contributed by atoms with E-state index in [0.29, 0.717) is 12.5 Å². The maximum absolute atomic E-state index is 5.45. The second kappa shape index (κ2) is 6.20. The largest absolute Gasteiger partial charge is 0.464 e. The molecule has 18 heavy (non-hydrogen) atoms. The summed E-state index contributed by atoms with van der Waals surface area (Å²) in [7, 11) is 0. The van der Waals surface area contributed by atoms with Crippen LogP contribution in [0.1, 0.15) is 38.8 Å². The van der Waals surface area contributed by atoms with Crippen LogP contribution in [0.25, 0.3) is 5.57 Å². The van der Waals surface area contributed by atoms with E-state index < -0.39 is 0 Å². The number of allylic oxidation sites excluding steroid dienone is 2. The summed E-state index contributed by atoms with van der Waals surface area (Å²) in [5.41, 5.74) is 2.29. The normalized spacial score (nSPS) is 18.6. The summed E-state index contributed by atoms with van der Waals surface area (Å²) >= 11 is 0. The molecule has 3 nitrogen and oxygen atoms in total. The summed E-state index contributed by atoms with van der Waals surface area (Å²) in [5.74, 6) is 6.98. The highest BCUT2D eigenvalue weighted by molar-refractivity contribution is 5.63. The Labute approximate surface area is 108 Å². The van der Waals surface area contributed by atoms with Crippen molar-refractivity contribution in [2.75, 3.05) is 6.61 Å². The first-order chi connectivity index (χ1) is 8.79. The quantitative estimate of drug-likeness (QED) is 0.764. The predicted octanol–water partition coefficient (Wildman–Crippen LogP) is 3.08. The monoisotopic (exact) mass is 242 g/mol. The molecule has 0 saturated heterocycles. The molecular weight excluding hydrogens is 224 g/mol. The minimum atomic E-state index is 0.377. The van der Waals surface area contributed by atoms with Crippen LogP contribution >= 0.6 is 0 Å². The number of nitrogens with zero attached hydrogens (tertiary/aromatic N) is 2. The van der Waals surface area contributed by atoms with Crippen molar-refractivity contribution in [1.29, 1.82) is 0 Å². The molecule has 1 atom stereocenters. The molecule has 0 fully saturated rings. The van der Waals surface area contributed by atoms with Crippen LogP contribution in [0, 0.1) is 17.8 Å². The molecule has 0 amide bonds. The Morgan fingerprint density at radius 2 is 2.33 bits per heavy atom. The Balaban J connectivity index is 2.10. The number of hydrogen-bond donors (Lipinski definition) is 0. The van der Waals surface area contributed by atoms with Gasteiger partial charge in [-0.3, -0.25) is 0 Å². The smallest absolute Gasteiger partial charge is 0.217 e. The summed E-state index contributed by atoms with van der Waals surface area (Å²) < 4.78 is 5.45. The van der Waals surface area contributed by atoms with Crippen LogP contribution in [-0.4, -0.2) is 16.6 Å². The lowest BCUT2D eigenvalue weighted by atomic mass is 9.89. The average Bonchev–Trinajstić information content (AvgIpc) is 2.39. The second-order valence-corrected chi connectivity index (χ2v) is 4.57. The van der Waals surface area contributed by atoms with Gasteiger partial charge in [-0.1, -0.05) is 18.9 Å². The highest BCUT2D eigenvalue weighted by Gasteiger charge is 2.14. The van der Waals surface area contributed by atoms with Gasteiger partial charge in [-0.15, -0.1) is 5.92 Å². The maximum atomic E-state index is 5.45. The molecular formula is C15H18N2O. The molecule has 0 spiro atoms. The Morgan fingerprint density at radius 3 is 3.11 bits per heavy atom. The molecule has 2 rings (SSSR count). The number of rotatable bonds is 3. The fraction of sp³-hybridized carbons (Fsp3) is 0.467. The molecule has 0 aliphatic heterocycles. The second-order valence-electron chi connectivity index (χ2n) is 4.57. The van der Waals surface area contributed by atoms with Gasteiger partial charge >= 0.3 is 0 Å². The number of ether oxygens (including phenoxy) is 1. The maximum Gasteiger partial charge on any atom is 0.217 e. The van der Waals surface area contributed by atoms with Gasteiger partial charge in [0.2, 0.25) is 5.88 Å². The highest BCUT2D eigenvalue weighted by Crippen LogP contribution is 2.30. The molecule has 0 bridgehead atoms. The van der Waals surface area contributed by atoms with E-state index in [1.54, 1.807) is 13.3 Å². The van der Waals surface area contributed by atoms with Gasteiger partial charge in [-0.05, 0) is 37.7 Å². The van der Waals surface area contributed by atoms with Gasteiger partial charge < -0.3 is 4.74 Å². The van der Waals surface area contributed by atoms with Crippen LogP contribution in [0.15, 0.2) is 18.5 Å². The summed E-state index contributed by atoms with van der Waals surface area (Å²) in [6.07, 6.45) is 7.33. The molecule has 1 unspecified atom stereocenters. The van der Waals surface area contributed by atoms with E-state index >= 15 is 0 Å². The van der Waals surface area contributed by atoms with Crippen LogP contribution in [0.5, 0.6) is 5.88 Å². The van der Waals surface area contributed by atoms with E-state index in [2.05, 4.69) is 34.8 Å². The summed E-state index contributed by atoms with van der Waals surface area (Å²) in [6.45, 7) is 4.45. The zero-order chi connectivity index (χ0) is 12.8. The van der Waals surface area contributed by atoms with Crippen molar-refractivity contribution in [3.63, 3.8) is 0 Å². The third-order valence-electron chi connectivity index (χ3n) is 3.06. The molecule has 3 heteroatoms. The number of hydrogen-bond acceptors (Lipinski definition) is 3. The third-order valence-corrected chi connectivity index (χ3v) is 3.06. The van der Waals surface area contributed by atoms with Gasteiger partial charge in [0.1, 0.15) is 6.33 Å². The lowest BCUT2D eigenvalue weighted by Crippen LogP contribution is -2.04. The summed E-state index contributed by atoms with van der Waals surface area (Å²) in [6, 6.07) is 1.90. The zero-order valence-electron chi connectivity index (χ0n) is 10.9. The standard InChI is InChI=1S/C15H18N2O/c1-3-4-8-18-15-10-14(16-11-17-15)13-7-5-6-12(2)9-13/h7,10-12H,5-6,8-9H2,1-2H3. The van der Waals surface area contributed by atoms with Gasteiger partial charge in [0.25, 0.3) is 0 Å². The zero-order valence-corrected chi connectivity index (χ0v) is 10.9. The van der Waals surface area contributed by atoms with E-state index in [1.165, 1.54) is 12.0 Å². The first-order valence-electron chi connectivity index (χ1n) is 6.33. The number of aromatic nitrogens is 2. The van der Waals surface area contributed by atoms with Gasteiger partial charge in [-0.25, -0.2) is 9.97 Å². The van der Waals surface area contributed by atoms with Gasteiger partial charge in [-0.2, -0.15) is 0 Å². The van der Waals surface area contributed by atoms with Crippen molar-refractivity contribution in [1.82, 2.24) is 9.97 Å². The molecule has 0 aromatic carbocycles. The molecule has 94 valence electrons. The Hall–Kier alpha value is -1.82. The fourth-order valence-corrected chi connectivity index (χ4v) is 2.09. The van der Waals surface area contributed by atoms with Crippen molar-refractivity contribution in [2.24, 2.45) is 5.92 Å². The van der Waals surface area contributed by atoms with Crippen molar-refractivity contribution in [2.45, 2.75) is 33.1 Å². The lowest BCUT2D eigenvalue weighted by molar-refractivity contribution is 0.354. The molecule has 0 radical (unpaired) electrons. The van der Waals surface area contributed by atoms with Gasteiger partial charge in [0.15, 0.2) is 6.61 Å². The minimum absolute atomic E-state index is 0.377. The Morgan fingerprint density at radius 1 is 1.44 bits per heavy atom. The third kappa shape index (κ3) is 3.33. The first-order valence-corrected chi connectivity index (χ1v) is 6.33. The van der Waals surface area contributed by atoms with E-state index in [0.717, 1.165) is 24.5 Å². The lowest BCUT2D eigenvalue weighted by Gasteiger charge is -2.18. The Kier molecular flexibility index (Phi) is 4.35. The molecule has 1 aromatic rings. The Bertz CT molecular complexity index is 497. The fourth-order valence-electron chi connectivity index (χ4n) is 2.09. The first kappa shape index (κ1) is 12.6. The average molecular weight is 242 g/mol. The topological polar surface area (TPSA) is 35.0 Å². The molecule has 1 aliphatic carbocycles. The highest BCUT2D eigenvalue weighted by atomic mass is 16.5. The molecule has 1 heterocycles. The molecule has 0 N–H and O–H groups in total. The summed E-state index contributed by atoms with van der Waals surface area (Å²) in [5, 5.41) is 0. The van der Waals surface area contributed by atoms with Crippen molar-refractivity contribution in [3.8, 4) is 17.7 Å². The van der Waals surface area contributed by atoms with Crippen LogP contribution in [0.3, 0.4) is 0 Å². The van der Waals surface area contributed by atoms with E-state index in [-0.39, 0.29) is 0 Å². The summed E-state index contributed by atoms with van der Waals surface area (Å²) in [4.78, 5) is 8.43. The van der Waals surface area contributed by atoms with E-state index in [9.17, 15) is 0 Å². The van der Waals surface area contributed by atoms with Crippen LogP contribution in [0.4, 0.5) is 0 Å². The van der Waals surface area contributed by atoms with Crippen LogP contribution in [0.2, 0.25) is 0 Å². The molecule has 1 aromatic heterocycles. The van der Waals surface area contributed by atoms with Crippen LogP contribution in [-0.2, 0) is 0 Å². The van der Waals surface area contributed by atoms with E-state index in [1.807, 2.05) is 6.07 Å². The molecule has 0 saturated carbocycles. The predicted molar refractivity (Wildman–Crippen MR) is 72.0 cm³/mol. The van der Waals surface area contributed by atoms with Crippen LogP contribution < -0.4 is 4.74 Å². The molecule has 1 aliphatic rings. The van der Waals surface area contributed by atoms with Gasteiger partial charge in [0, 0.05) is 6.07 Å².